The summed E-state index contributed by atoms with van der Waals surface area (Å²) in [4.78, 5) is 14.9. The van der Waals surface area contributed by atoms with Gasteiger partial charge in [-0.15, -0.1) is 27.7 Å². The van der Waals surface area contributed by atoms with Crippen LogP contribution in [0.3, 0.4) is 0 Å². The fourth-order valence-corrected chi connectivity index (χ4v) is 4.05. The number of piperidine rings is 1. The highest BCUT2D eigenvalue weighted by atomic mass is 35.5. The van der Waals surface area contributed by atoms with Gasteiger partial charge in [0.15, 0.2) is 5.65 Å². The Morgan fingerprint density at radius 2 is 2.00 bits per heavy atom. The lowest BCUT2D eigenvalue weighted by atomic mass is 9.92. The molecule has 26 heavy (non-hydrogen) atoms. The number of hydrogen-bond donors (Lipinski definition) is 2. The van der Waals surface area contributed by atoms with E-state index in [4.69, 9.17) is 5.73 Å². The van der Waals surface area contributed by atoms with Gasteiger partial charge in [0.2, 0.25) is 5.91 Å². The molecule has 9 heteroatoms. The van der Waals surface area contributed by atoms with Gasteiger partial charge in [0.05, 0.1) is 5.54 Å². The van der Waals surface area contributed by atoms with E-state index in [-0.39, 0.29) is 29.8 Å². The molecule has 1 saturated carbocycles. The van der Waals surface area contributed by atoms with E-state index < -0.39 is 0 Å². The minimum Gasteiger partial charge on any atom is -0.355 e. The molecule has 3 heterocycles. The van der Waals surface area contributed by atoms with Gasteiger partial charge in [-0.05, 0) is 37.8 Å². The van der Waals surface area contributed by atoms with Gasteiger partial charge in [-0.25, -0.2) is 0 Å². The first kappa shape index (κ1) is 18.8. The summed E-state index contributed by atoms with van der Waals surface area (Å²) in [6.45, 7) is 2.20. The minimum atomic E-state index is -0.158. The van der Waals surface area contributed by atoms with Crippen molar-refractivity contribution in [3.8, 4) is 0 Å². The first-order valence-corrected chi connectivity index (χ1v) is 9.13. The number of anilines is 1. The smallest absolute Gasteiger partial charge is 0.223 e. The Labute approximate surface area is 158 Å². The Morgan fingerprint density at radius 1 is 1.27 bits per heavy atom. The van der Waals surface area contributed by atoms with Crippen LogP contribution in [0.2, 0.25) is 0 Å². The van der Waals surface area contributed by atoms with Gasteiger partial charge in [-0.3, -0.25) is 4.79 Å². The van der Waals surface area contributed by atoms with Gasteiger partial charge in [0.1, 0.15) is 12.1 Å². The number of fused-ring (bicyclic) bond motifs is 1. The molecule has 2 aromatic heterocycles. The second kappa shape index (κ2) is 7.75. The standard InChI is InChI=1S/C17H25N7O.ClH/c18-11-17(7-1-2-8-17)20-16(25)13-5-9-23(10-6-13)15-4-3-14-21-19-12-24(14)22-15;/h3-4,12-13H,1-2,5-11,18H2,(H,20,25);1H. The van der Waals surface area contributed by atoms with Crippen LogP contribution in [0.25, 0.3) is 5.65 Å². The van der Waals surface area contributed by atoms with Crippen LogP contribution in [0.4, 0.5) is 5.82 Å². The summed E-state index contributed by atoms with van der Waals surface area (Å²) in [5, 5.41) is 15.6. The lowest BCUT2D eigenvalue weighted by Crippen LogP contribution is -2.54. The molecule has 142 valence electrons. The predicted octanol–water partition coefficient (Wildman–Crippen LogP) is 1.15. The molecule has 2 aromatic rings. The number of carbonyl (C=O) groups excluding carboxylic acids is 1. The molecule has 1 aliphatic carbocycles. The van der Waals surface area contributed by atoms with E-state index in [2.05, 4.69) is 25.5 Å². The Morgan fingerprint density at radius 3 is 2.69 bits per heavy atom. The van der Waals surface area contributed by atoms with Gasteiger partial charge < -0.3 is 16.0 Å². The molecule has 4 rings (SSSR count). The lowest BCUT2D eigenvalue weighted by molar-refractivity contribution is -0.127. The Balaban J connectivity index is 0.00000196. The van der Waals surface area contributed by atoms with Crippen LogP contribution in [0.15, 0.2) is 18.5 Å². The molecular weight excluding hydrogens is 354 g/mol. The second-order valence-corrected chi connectivity index (χ2v) is 7.27. The summed E-state index contributed by atoms with van der Waals surface area (Å²) in [5.74, 6) is 1.15. The summed E-state index contributed by atoms with van der Waals surface area (Å²) < 4.78 is 1.68. The maximum atomic E-state index is 12.7. The highest BCUT2D eigenvalue weighted by Crippen LogP contribution is 2.30. The number of hydrogen-bond acceptors (Lipinski definition) is 6. The topological polar surface area (TPSA) is 101 Å². The zero-order valence-corrected chi connectivity index (χ0v) is 15.6. The number of nitrogens with zero attached hydrogens (tertiary/aromatic N) is 5. The highest BCUT2D eigenvalue weighted by Gasteiger charge is 2.36. The predicted molar refractivity (Wildman–Crippen MR) is 101 cm³/mol. The van der Waals surface area contributed by atoms with Crippen molar-refractivity contribution in [1.82, 2.24) is 25.1 Å². The molecule has 8 nitrogen and oxygen atoms in total. The molecule has 2 fully saturated rings. The number of halogens is 1. The third-order valence-electron chi connectivity index (χ3n) is 5.68. The van der Waals surface area contributed by atoms with E-state index in [0.717, 1.165) is 63.1 Å². The summed E-state index contributed by atoms with van der Waals surface area (Å²) in [6, 6.07) is 3.88. The van der Waals surface area contributed by atoms with E-state index in [9.17, 15) is 4.79 Å². The first-order chi connectivity index (χ1) is 12.2. The lowest BCUT2D eigenvalue weighted by Gasteiger charge is -2.35. The number of nitrogens with one attached hydrogen (secondary N) is 1. The average Bonchev–Trinajstić information content (AvgIpc) is 3.31. The van der Waals surface area contributed by atoms with Gasteiger partial charge in [0.25, 0.3) is 0 Å². The van der Waals surface area contributed by atoms with E-state index in [0.29, 0.717) is 6.54 Å². The minimum absolute atomic E-state index is 0. The van der Waals surface area contributed by atoms with Gasteiger partial charge in [-0.1, -0.05) is 12.8 Å². The van der Waals surface area contributed by atoms with Crippen molar-refractivity contribution in [1.29, 1.82) is 0 Å². The molecule has 3 N–H and O–H groups in total. The quantitative estimate of drug-likeness (QED) is 0.826. The third-order valence-corrected chi connectivity index (χ3v) is 5.68. The molecule has 0 spiro atoms. The number of aromatic nitrogens is 4. The maximum absolute atomic E-state index is 12.7. The second-order valence-electron chi connectivity index (χ2n) is 7.27. The highest BCUT2D eigenvalue weighted by molar-refractivity contribution is 5.85. The molecule has 1 aliphatic heterocycles. The summed E-state index contributed by atoms with van der Waals surface area (Å²) >= 11 is 0. The Hall–Kier alpha value is -1.93. The molecule has 0 atom stereocenters. The summed E-state index contributed by atoms with van der Waals surface area (Å²) in [5.41, 5.74) is 6.52. The van der Waals surface area contributed by atoms with Crippen LogP contribution in [0.5, 0.6) is 0 Å². The van der Waals surface area contributed by atoms with Crippen molar-refractivity contribution < 1.29 is 4.79 Å². The van der Waals surface area contributed by atoms with Crippen LogP contribution in [0, 0.1) is 5.92 Å². The third kappa shape index (κ3) is 3.61. The average molecular weight is 380 g/mol. The largest absolute Gasteiger partial charge is 0.355 e. The monoisotopic (exact) mass is 379 g/mol. The van der Waals surface area contributed by atoms with Crippen LogP contribution >= 0.6 is 12.4 Å². The summed E-state index contributed by atoms with van der Waals surface area (Å²) in [6.07, 6.45) is 7.63. The van der Waals surface area contributed by atoms with Crippen LogP contribution < -0.4 is 16.0 Å². The Kier molecular flexibility index (Phi) is 5.62. The summed E-state index contributed by atoms with van der Waals surface area (Å²) in [7, 11) is 0. The Bertz CT molecular complexity index is 750. The molecule has 0 bridgehead atoms. The van der Waals surface area contributed by atoms with E-state index in [1.54, 1.807) is 10.8 Å². The van der Waals surface area contributed by atoms with Crippen molar-refractivity contribution in [2.75, 3.05) is 24.5 Å². The fraction of sp³-hybridized carbons (Fsp3) is 0.647. The molecule has 0 aromatic carbocycles. The number of carbonyl (C=O) groups is 1. The molecular formula is C17H26ClN7O. The molecule has 1 saturated heterocycles. The molecule has 0 radical (unpaired) electrons. The van der Waals surface area contributed by atoms with Crippen molar-refractivity contribution >= 4 is 29.8 Å². The molecule has 1 amide bonds. The van der Waals surface area contributed by atoms with Crippen molar-refractivity contribution in [2.24, 2.45) is 11.7 Å². The number of amides is 1. The zero-order valence-electron chi connectivity index (χ0n) is 14.8. The van der Waals surface area contributed by atoms with Gasteiger partial charge in [-0.2, -0.15) is 4.52 Å². The fourth-order valence-electron chi connectivity index (χ4n) is 4.05. The normalized spacial score (nSPS) is 20.1. The van der Waals surface area contributed by atoms with Crippen molar-refractivity contribution in [3.63, 3.8) is 0 Å². The van der Waals surface area contributed by atoms with Gasteiger partial charge in [0, 0.05) is 25.6 Å². The van der Waals surface area contributed by atoms with E-state index >= 15 is 0 Å². The van der Waals surface area contributed by atoms with Crippen molar-refractivity contribution in [2.45, 2.75) is 44.1 Å². The molecule has 2 aliphatic rings. The van der Waals surface area contributed by atoms with Crippen LogP contribution in [-0.2, 0) is 4.79 Å². The van der Waals surface area contributed by atoms with Gasteiger partial charge >= 0.3 is 0 Å². The molecule has 0 unspecified atom stereocenters. The van der Waals surface area contributed by atoms with Crippen LogP contribution in [-0.4, -0.2) is 50.9 Å². The number of nitrogens with two attached hydrogens (primary N) is 1. The van der Waals surface area contributed by atoms with Crippen LogP contribution in [0.1, 0.15) is 38.5 Å². The van der Waals surface area contributed by atoms with E-state index in [1.807, 2.05) is 12.1 Å². The number of rotatable bonds is 4. The zero-order chi connectivity index (χ0) is 17.3. The maximum Gasteiger partial charge on any atom is 0.223 e. The van der Waals surface area contributed by atoms with E-state index in [1.165, 1.54) is 0 Å². The first-order valence-electron chi connectivity index (χ1n) is 9.13. The van der Waals surface area contributed by atoms with Crippen molar-refractivity contribution in [3.05, 3.63) is 18.5 Å². The SMILES string of the molecule is Cl.NCC1(NC(=O)C2CCN(c3ccc4nncn4n3)CC2)CCCC1.